The van der Waals surface area contributed by atoms with Gasteiger partial charge in [-0.2, -0.15) is 17.0 Å². The molecule has 0 bridgehead atoms. The smallest absolute Gasteiger partial charge is 0.282 e. The Kier molecular flexibility index (Phi) is 7.35. The van der Waals surface area contributed by atoms with E-state index in [-0.39, 0.29) is 30.8 Å². The summed E-state index contributed by atoms with van der Waals surface area (Å²) < 4.78 is 40.4. The van der Waals surface area contributed by atoms with Gasteiger partial charge in [0.1, 0.15) is 17.3 Å². The number of Topliss-reactive ketones (excluding diaryl/α,β-unsaturated/α-hetero) is 1. The van der Waals surface area contributed by atoms with Gasteiger partial charge in [-0.05, 0) is 48.2 Å². The van der Waals surface area contributed by atoms with Crippen LogP contribution in [0.4, 0.5) is 0 Å². The Balaban J connectivity index is 1.85. The summed E-state index contributed by atoms with van der Waals surface area (Å²) in [6, 6.07) is 14.5. The van der Waals surface area contributed by atoms with Gasteiger partial charge in [-0.25, -0.2) is 0 Å². The maximum absolute atomic E-state index is 13.6. The van der Waals surface area contributed by atoms with Crippen molar-refractivity contribution in [2.45, 2.75) is 38.9 Å². The van der Waals surface area contributed by atoms with Crippen LogP contribution in [0, 0.1) is 5.92 Å². The van der Waals surface area contributed by atoms with Crippen molar-refractivity contribution in [1.29, 1.82) is 0 Å². The van der Waals surface area contributed by atoms with Crippen LogP contribution in [0.25, 0.3) is 0 Å². The van der Waals surface area contributed by atoms with Crippen LogP contribution in [-0.2, 0) is 28.1 Å². The van der Waals surface area contributed by atoms with Crippen LogP contribution in [0.5, 0.6) is 11.5 Å². The van der Waals surface area contributed by atoms with Gasteiger partial charge in [0.25, 0.3) is 10.2 Å². The van der Waals surface area contributed by atoms with Crippen molar-refractivity contribution in [3.8, 4) is 11.5 Å². The van der Waals surface area contributed by atoms with Crippen LogP contribution in [0.3, 0.4) is 0 Å². The average Bonchev–Trinajstić information content (AvgIpc) is 2.76. The van der Waals surface area contributed by atoms with Crippen LogP contribution < -0.4 is 9.47 Å². The monoisotopic (exact) mass is 446 g/mol. The zero-order valence-electron chi connectivity index (χ0n) is 18.4. The van der Waals surface area contributed by atoms with Gasteiger partial charge in [0.05, 0.1) is 14.2 Å². The van der Waals surface area contributed by atoms with Crippen molar-refractivity contribution >= 4 is 16.0 Å². The van der Waals surface area contributed by atoms with E-state index in [9.17, 15) is 13.2 Å². The summed E-state index contributed by atoms with van der Waals surface area (Å²) >= 11 is 0. The summed E-state index contributed by atoms with van der Waals surface area (Å²) in [5.41, 5.74) is 1.72. The van der Waals surface area contributed by atoms with E-state index in [4.69, 9.17) is 9.47 Å². The first-order valence-corrected chi connectivity index (χ1v) is 11.6. The highest BCUT2D eigenvalue weighted by Gasteiger charge is 2.39. The van der Waals surface area contributed by atoms with E-state index in [2.05, 4.69) is 0 Å². The van der Waals surface area contributed by atoms with Gasteiger partial charge < -0.3 is 9.47 Å². The highest BCUT2D eigenvalue weighted by atomic mass is 32.2. The molecule has 1 fully saturated rings. The van der Waals surface area contributed by atoms with Gasteiger partial charge in [-0.3, -0.25) is 4.79 Å². The first-order valence-electron chi connectivity index (χ1n) is 10.2. The Morgan fingerprint density at radius 3 is 1.68 bits per heavy atom. The minimum atomic E-state index is -3.77. The average molecular weight is 447 g/mol. The molecule has 0 unspecified atom stereocenters. The first kappa shape index (κ1) is 23.2. The molecule has 1 aliphatic carbocycles. The molecule has 1 saturated carbocycles. The maximum Gasteiger partial charge on any atom is 0.282 e. The number of nitrogens with zero attached hydrogens (tertiary/aromatic N) is 2. The quantitative estimate of drug-likeness (QED) is 0.560. The second-order valence-electron chi connectivity index (χ2n) is 7.94. The Labute approximate surface area is 184 Å². The van der Waals surface area contributed by atoms with Gasteiger partial charge >= 0.3 is 0 Å². The van der Waals surface area contributed by atoms with Crippen molar-refractivity contribution in [3.63, 3.8) is 0 Å². The van der Waals surface area contributed by atoms with Crippen LogP contribution in [-0.4, -0.2) is 50.1 Å². The molecular formula is C23H30N2O5S. The fourth-order valence-corrected chi connectivity index (χ4v) is 5.22. The number of methoxy groups -OCH3 is 2. The zero-order valence-corrected chi connectivity index (χ0v) is 19.3. The predicted octanol–water partition coefficient (Wildman–Crippen LogP) is 3.25. The third-order valence-electron chi connectivity index (χ3n) is 5.96. The highest BCUT2D eigenvalue weighted by Crippen LogP contribution is 2.31. The molecule has 0 N–H and O–H groups in total. The van der Waals surface area contributed by atoms with E-state index in [1.165, 1.54) is 8.61 Å². The van der Waals surface area contributed by atoms with Crippen LogP contribution in [0.1, 0.15) is 30.9 Å². The molecule has 0 aromatic heterocycles. The molecule has 0 amide bonds. The fraction of sp³-hybridized carbons (Fsp3) is 0.435. The van der Waals surface area contributed by atoms with Crippen molar-refractivity contribution in [1.82, 2.24) is 8.61 Å². The van der Waals surface area contributed by atoms with Gasteiger partial charge in [-0.1, -0.05) is 24.3 Å². The molecule has 31 heavy (non-hydrogen) atoms. The molecule has 0 saturated heterocycles. The molecular weight excluding hydrogens is 416 g/mol. The summed E-state index contributed by atoms with van der Waals surface area (Å²) in [4.78, 5) is 11.4. The summed E-state index contributed by atoms with van der Waals surface area (Å²) in [6.45, 7) is 2.31. The summed E-state index contributed by atoms with van der Waals surface area (Å²) in [7, 11) is 1.01. The zero-order chi connectivity index (χ0) is 22.6. The van der Waals surface area contributed by atoms with E-state index < -0.39 is 10.2 Å². The minimum Gasteiger partial charge on any atom is -0.497 e. The number of rotatable bonds is 10. The van der Waals surface area contributed by atoms with Gasteiger partial charge in [0.2, 0.25) is 0 Å². The Bertz CT molecular complexity index is 932. The summed E-state index contributed by atoms with van der Waals surface area (Å²) in [5, 5.41) is 0. The lowest BCUT2D eigenvalue weighted by molar-refractivity contribution is -0.128. The van der Waals surface area contributed by atoms with Gasteiger partial charge in [0.15, 0.2) is 0 Å². The van der Waals surface area contributed by atoms with Crippen LogP contribution >= 0.6 is 0 Å². The first-order chi connectivity index (χ1) is 14.7. The molecule has 1 atom stereocenters. The Morgan fingerprint density at radius 2 is 1.32 bits per heavy atom. The Morgan fingerprint density at radius 1 is 0.903 bits per heavy atom. The largest absolute Gasteiger partial charge is 0.497 e. The van der Waals surface area contributed by atoms with Crippen molar-refractivity contribution < 1.29 is 22.7 Å². The van der Waals surface area contributed by atoms with Gasteiger partial charge in [-0.15, -0.1) is 0 Å². The number of benzene rings is 2. The number of ether oxygens (including phenoxy) is 2. The minimum absolute atomic E-state index is 0.0658. The molecule has 8 heteroatoms. The molecule has 1 aliphatic rings. The van der Waals surface area contributed by atoms with Crippen molar-refractivity contribution in [2.24, 2.45) is 5.92 Å². The molecule has 0 aliphatic heterocycles. The molecule has 0 radical (unpaired) electrons. The number of carbonyl (C=O) groups is 1. The SMILES string of the molecule is COc1ccc(CN(Cc2ccc(OC)cc2)S(=O)(=O)N(C)[C@@H](C)C2CC(=O)C2)cc1. The van der Waals surface area contributed by atoms with E-state index in [1.807, 2.05) is 55.5 Å². The van der Waals surface area contributed by atoms with Crippen molar-refractivity contribution in [3.05, 3.63) is 59.7 Å². The molecule has 7 nitrogen and oxygen atoms in total. The summed E-state index contributed by atoms with van der Waals surface area (Å²) in [5.74, 6) is 1.69. The molecule has 0 spiro atoms. The number of hydrogen-bond donors (Lipinski definition) is 0. The third kappa shape index (κ3) is 5.44. The Hall–Kier alpha value is -2.42. The second kappa shape index (κ2) is 9.80. The molecule has 0 heterocycles. The molecule has 2 aromatic rings. The van der Waals surface area contributed by atoms with E-state index in [1.54, 1.807) is 21.3 Å². The van der Waals surface area contributed by atoms with E-state index >= 15 is 0 Å². The lowest BCUT2D eigenvalue weighted by Gasteiger charge is -2.38. The number of hydrogen-bond acceptors (Lipinski definition) is 5. The third-order valence-corrected chi connectivity index (χ3v) is 7.93. The highest BCUT2D eigenvalue weighted by molar-refractivity contribution is 7.86. The number of ketones is 1. The fourth-order valence-electron chi connectivity index (χ4n) is 3.64. The number of carbonyl (C=O) groups excluding carboxylic acids is 1. The maximum atomic E-state index is 13.6. The van der Waals surface area contributed by atoms with E-state index in [0.717, 1.165) is 11.1 Å². The van der Waals surface area contributed by atoms with Gasteiger partial charge in [0, 0.05) is 39.0 Å². The summed E-state index contributed by atoms with van der Waals surface area (Å²) in [6.07, 6.45) is 0.885. The normalized spacial score (nSPS) is 15.7. The van der Waals surface area contributed by atoms with Crippen molar-refractivity contribution in [2.75, 3.05) is 21.3 Å². The second-order valence-corrected chi connectivity index (χ2v) is 9.92. The molecule has 3 rings (SSSR count). The lowest BCUT2D eigenvalue weighted by atomic mass is 9.79. The lowest BCUT2D eigenvalue weighted by Crippen LogP contribution is -2.49. The van der Waals surface area contributed by atoms with Crippen LogP contribution in [0.15, 0.2) is 48.5 Å². The molecule has 168 valence electrons. The van der Waals surface area contributed by atoms with Crippen LogP contribution in [0.2, 0.25) is 0 Å². The predicted molar refractivity (Wildman–Crippen MR) is 119 cm³/mol. The standard InChI is InChI=1S/C23H30N2O5S/c1-17(20-13-21(26)14-20)24(2)31(27,28)25(15-18-5-9-22(29-3)10-6-18)16-19-7-11-23(30-4)12-8-19/h5-12,17,20H,13-16H2,1-4H3/t17-/m0/s1. The van der Waals surface area contributed by atoms with E-state index in [0.29, 0.717) is 24.3 Å². The molecule has 2 aromatic carbocycles. The topological polar surface area (TPSA) is 76.2 Å².